The Morgan fingerprint density at radius 2 is 1.66 bits per heavy atom. The van der Waals surface area contributed by atoms with Crippen LogP contribution >= 0.6 is 0 Å². The fraction of sp³-hybridized carbons (Fsp3) is 0.409. The number of rotatable bonds is 5. The second-order valence-electron chi connectivity index (χ2n) is 7.60. The zero-order valence-corrected chi connectivity index (χ0v) is 17.1. The van der Waals surface area contributed by atoms with Crippen LogP contribution < -0.4 is 5.32 Å². The Morgan fingerprint density at radius 1 is 1.00 bits per heavy atom. The molecule has 5 N–H and O–H groups in total. The number of ether oxygens (including phenoxy) is 1. The van der Waals surface area contributed by atoms with Crippen molar-refractivity contribution in [2.75, 3.05) is 13.7 Å². The highest BCUT2D eigenvalue weighted by atomic mass is 19.4. The molecule has 174 valence electrons. The van der Waals surface area contributed by atoms with Gasteiger partial charge in [-0.3, -0.25) is 4.79 Å². The van der Waals surface area contributed by atoms with Gasteiger partial charge in [0.15, 0.2) is 0 Å². The Kier molecular flexibility index (Phi) is 7.21. The van der Waals surface area contributed by atoms with Crippen molar-refractivity contribution < 1.29 is 43.1 Å². The number of aliphatic hydroxyl groups excluding tert-OH is 4. The van der Waals surface area contributed by atoms with E-state index >= 15 is 0 Å². The highest BCUT2D eigenvalue weighted by Crippen LogP contribution is 2.37. The summed E-state index contributed by atoms with van der Waals surface area (Å²) < 4.78 is 46.9. The maximum absolute atomic E-state index is 13.8. The van der Waals surface area contributed by atoms with Crippen molar-refractivity contribution in [1.82, 2.24) is 5.32 Å². The Hall–Kier alpha value is -2.50. The summed E-state index contributed by atoms with van der Waals surface area (Å²) in [5, 5.41) is 41.7. The molecule has 1 fully saturated rings. The van der Waals surface area contributed by atoms with Crippen LogP contribution in [0.5, 0.6) is 0 Å². The summed E-state index contributed by atoms with van der Waals surface area (Å²) in [6.45, 7) is -0.672. The first kappa shape index (κ1) is 24.1. The molecule has 32 heavy (non-hydrogen) atoms. The minimum absolute atomic E-state index is 0.187. The van der Waals surface area contributed by atoms with Gasteiger partial charge in [-0.1, -0.05) is 24.3 Å². The molecule has 5 atom stereocenters. The van der Waals surface area contributed by atoms with Crippen molar-refractivity contribution in [2.45, 2.75) is 43.1 Å². The van der Waals surface area contributed by atoms with E-state index in [1.165, 1.54) is 25.2 Å². The fourth-order valence-corrected chi connectivity index (χ4v) is 3.75. The number of nitrogens with one attached hydrogen (secondary N) is 1. The average Bonchev–Trinajstić information content (AvgIpc) is 2.78. The minimum atomic E-state index is -4.72. The van der Waals surface area contributed by atoms with E-state index in [4.69, 9.17) is 4.74 Å². The Balaban J connectivity index is 1.96. The molecule has 0 spiro atoms. The predicted molar refractivity (Wildman–Crippen MR) is 108 cm³/mol. The van der Waals surface area contributed by atoms with Gasteiger partial charge in [0.2, 0.25) is 0 Å². The molecule has 2 aromatic carbocycles. The lowest BCUT2D eigenvalue weighted by Crippen LogP contribution is -2.59. The molecule has 1 aliphatic rings. The van der Waals surface area contributed by atoms with Crippen LogP contribution in [0.4, 0.5) is 13.2 Å². The number of benzene rings is 2. The number of carbonyl (C=O) groups excluding carboxylic acids is 1. The molecule has 0 bridgehead atoms. The molecule has 1 heterocycles. The number of aliphatic hydroxyl groups is 4. The van der Waals surface area contributed by atoms with E-state index in [2.05, 4.69) is 5.32 Å². The first-order valence-corrected chi connectivity index (χ1v) is 9.90. The van der Waals surface area contributed by atoms with E-state index in [-0.39, 0.29) is 17.0 Å². The van der Waals surface area contributed by atoms with Crippen molar-refractivity contribution >= 4 is 5.91 Å². The van der Waals surface area contributed by atoms with Gasteiger partial charge < -0.3 is 30.5 Å². The van der Waals surface area contributed by atoms with E-state index in [0.29, 0.717) is 11.1 Å². The lowest BCUT2D eigenvalue weighted by atomic mass is 9.89. The number of carbonyl (C=O) groups is 1. The molecule has 0 aliphatic carbocycles. The van der Waals surface area contributed by atoms with Crippen LogP contribution in [0.2, 0.25) is 0 Å². The number of hydrogen-bond donors (Lipinski definition) is 5. The van der Waals surface area contributed by atoms with Gasteiger partial charge in [-0.15, -0.1) is 0 Å². The van der Waals surface area contributed by atoms with E-state index < -0.39 is 55.3 Å². The largest absolute Gasteiger partial charge is 0.416 e. The normalized spacial score (nSPS) is 26.1. The van der Waals surface area contributed by atoms with Gasteiger partial charge in [0.05, 0.1) is 18.3 Å². The SMILES string of the molecule is CNC(=O)c1cccc(-c2ccc(C[C@H]3O[C@H](CO)[C@@H](O)[C@H](O)[C@@H]3O)c(C(F)(F)F)c2)c1. The second kappa shape index (κ2) is 9.55. The topological polar surface area (TPSA) is 119 Å². The first-order chi connectivity index (χ1) is 15.1. The molecule has 1 saturated heterocycles. The summed E-state index contributed by atoms with van der Waals surface area (Å²) in [5.74, 6) is -0.373. The predicted octanol–water partition coefficient (Wildman–Crippen LogP) is 1.12. The summed E-state index contributed by atoms with van der Waals surface area (Å²) in [4.78, 5) is 11.8. The Labute approximate surface area is 182 Å². The van der Waals surface area contributed by atoms with Gasteiger partial charge in [-0.25, -0.2) is 0 Å². The number of alkyl halides is 3. The van der Waals surface area contributed by atoms with Gasteiger partial charge in [-0.05, 0) is 34.9 Å². The molecule has 1 amide bonds. The molecule has 7 nitrogen and oxygen atoms in total. The van der Waals surface area contributed by atoms with Gasteiger partial charge >= 0.3 is 6.18 Å². The number of hydrogen-bond acceptors (Lipinski definition) is 6. The Bertz CT molecular complexity index is 965. The van der Waals surface area contributed by atoms with Gasteiger partial charge in [-0.2, -0.15) is 13.2 Å². The molecule has 0 unspecified atom stereocenters. The van der Waals surface area contributed by atoms with E-state index in [1.807, 2.05) is 0 Å². The lowest BCUT2D eigenvalue weighted by molar-refractivity contribution is -0.228. The van der Waals surface area contributed by atoms with E-state index in [9.17, 15) is 38.4 Å². The van der Waals surface area contributed by atoms with Crippen molar-refractivity contribution in [3.63, 3.8) is 0 Å². The molecule has 2 aromatic rings. The summed E-state index contributed by atoms with van der Waals surface area (Å²) >= 11 is 0. The van der Waals surface area contributed by atoms with Gasteiger partial charge in [0.1, 0.15) is 24.4 Å². The monoisotopic (exact) mass is 455 g/mol. The van der Waals surface area contributed by atoms with Crippen LogP contribution in [0.3, 0.4) is 0 Å². The van der Waals surface area contributed by atoms with Crippen molar-refractivity contribution in [3.05, 3.63) is 59.2 Å². The van der Waals surface area contributed by atoms with Crippen LogP contribution in [0.1, 0.15) is 21.5 Å². The summed E-state index contributed by atoms with van der Waals surface area (Å²) in [6.07, 6.45) is -12.5. The minimum Gasteiger partial charge on any atom is -0.394 e. The standard InChI is InChI=1S/C22H24F3NO6/c1-26-21(31)14-4-2-3-11(7-14)12-5-6-13(15(8-12)22(23,24)25)9-16-18(28)20(30)19(29)17(10-27)32-16/h2-8,16-20,27-30H,9-10H2,1H3,(H,26,31)/t16-,17-,18-,19-,20-/m1/s1. The zero-order chi connectivity index (χ0) is 23.6. The second-order valence-corrected chi connectivity index (χ2v) is 7.60. The van der Waals surface area contributed by atoms with Crippen LogP contribution in [-0.2, 0) is 17.3 Å². The van der Waals surface area contributed by atoms with Gasteiger partial charge in [0, 0.05) is 19.0 Å². The van der Waals surface area contributed by atoms with Crippen LogP contribution in [0, 0.1) is 0 Å². The van der Waals surface area contributed by atoms with E-state index in [0.717, 1.165) is 6.07 Å². The molecule has 10 heteroatoms. The number of amides is 1. The highest BCUT2D eigenvalue weighted by molar-refractivity contribution is 5.95. The molecule has 1 aliphatic heterocycles. The van der Waals surface area contributed by atoms with Crippen LogP contribution in [0.25, 0.3) is 11.1 Å². The van der Waals surface area contributed by atoms with Crippen molar-refractivity contribution in [3.8, 4) is 11.1 Å². The fourth-order valence-electron chi connectivity index (χ4n) is 3.75. The molecular formula is C22H24F3NO6. The van der Waals surface area contributed by atoms with Crippen molar-refractivity contribution in [1.29, 1.82) is 0 Å². The Morgan fingerprint density at radius 3 is 2.28 bits per heavy atom. The molecule has 3 rings (SSSR count). The molecule has 0 aromatic heterocycles. The highest BCUT2D eigenvalue weighted by Gasteiger charge is 2.44. The summed E-state index contributed by atoms with van der Waals surface area (Å²) in [5.41, 5.74) is -0.203. The van der Waals surface area contributed by atoms with Crippen LogP contribution in [-0.4, -0.2) is 70.5 Å². The summed E-state index contributed by atoms with van der Waals surface area (Å²) in [7, 11) is 1.45. The van der Waals surface area contributed by atoms with Crippen molar-refractivity contribution in [2.24, 2.45) is 0 Å². The van der Waals surface area contributed by atoms with E-state index in [1.54, 1.807) is 18.2 Å². The van der Waals surface area contributed by atoms with Gasteiger partial charge in [0.25, 0.3) is 5.91 Å². The third-order valence-corrected chi connectivity index (χ3v) is 5.51. The van der Waals surface area contributed by atoms with Crippen LogP contribution in [0.15, 0.2) is 42.5 Å². The maximum Gasteiger partial charge on any atom is 0.416 e. The zero-order valence-electron chi connectivity index (χ0n) is 17.1. The molecule has 0 radical (unpaired) electrons. The quantitative estimate of drug-likeness (QED) is 0.461. The molecule has 0 saturated carbocycles. The first-order valence-electron chi connectivity index (χ1n) is 9.90. The maximum atomic E-state index is 13.8. The number of halogens is 3. The lowest BCUT2D eigenvalue weighted by Gasteiger charge is -2.40. The smallest absolute Gasteiger partial charge is 0.394 e. The molecular weight excluding hydrogens is 431 g/mol. The average molecular weight is 455 g/mol. The third-order valence-electron chi connectivity index (χ3n) is 5.51. The third kappa shape index (κ3) is 4.94. The summed E-state index contributed by atoms with van der Waals surface area (Å²) in [6, 6.07) is 9.81.